The number of nitrogens with one attached hydrogen (secondary N) is 1. The minimum absolute atomic E-state index is 0.0242. The Morgan fingerprint density at radius 1 is 1.39 bits per heavy atom. The Balaban J connectivity index is 2.27. The minimum Gasteiger partial charge on any atom is -0.342 e. The number of carbonyl (C=O) groups excluding carboxylic acids is 2. The van der Waals surface area contributed by atoms with Crippen molar-refractivity contribution in [2.75, 3.05) is 0 Å². The maximum atomic E-state index is 12.6. The smallest absolute Gasteiger partial charge is 0.246 e. The van der Waals surface area contributed by atoms with E-state index >= 15 is 0 Å². The van der Waals surface area contributed by atoms with E-state index in [2.05, 4.69) is 12.2 Å². The molecule has 0 aromatic carbocycles. The lowest BCUT2D eigenvalue weighted by Crippen LogP contribution is -2.67. The predicted molar refractivity (Wildman–Crippen MR) is 69.9 cm³/mol. The molecule has 0 aromatic heterocycles. The van der Waals surface area contributed by atoms with Crippen LogP contribution in [0.4, 0.5) is 0 Å². The van der Waals surface area contributed by atoms with Gasteiger partial charge in [-0.2, -0.15) is 0 Å². The molecule has 0 radical (unpaired) electrons. The fourth-order valence-corrected chi connectivity index (χ4v) is 2.85. The van der Waals surface area contributed by atoms with E-state index in [1.807, 2.05) is 25.7 Å². The van der Waals surface area contributed by atoms with Crippen molar-refractivity contribution in [3.05, 3.63) is 0 Å². The number of carbonyl (C=O) groups is 2. The highest BCUT2D eigenvalue weighted by Gasteiger charge is 2.54. The van der Waals surface area contributed by atoms with Gasteiger partial charge in [0, 0.05) is 5.54 Å². The van der Waals surface area contributed by atoms with E-state index in [9.17, 15) is 9.59 Å². The third-order valence-corrected chi connectivity index (χ3v) is 4.16. The summed E-state index contributed by atoms with van der Waals surface area (Å²) in [5, 5.41) is 2.90. The molecule has 2 fully saturated rings. The number of hydrogen-bond donors (Lipinski definition) is 1. The summed E-state index contributed by atoms with van der Waals surface area (Å²) in [5.41, 5.74) is -0.0736. The van der Waals surface area contributed by atoms with Gasteiger partial charge in [-0.05, 0) is 32.1 Å². The number of piperazine rings is 1. The van der Waals surface area contributed by atoms with Crippen molar-refractivity contribution in [1.82, 2.24) is 10.2 Å². The topological polar surface area (TPSA) is 49.4 Å². The number of nitrogens with zero attached hydrogens (tertiary/aromatic N) is 1. The van der Waals surface area contributed by atoms with E-state index in [1.54, 1.807) is 0 Å². The van der Waals surface area contributed by atoms with Crippen LogP contribution in [0.25, 0.3) is 0 Å². The molecule has 1 N–H and O–H groups in total. The highest BCUT2D eigenvalue weighted by molar-refractivity contribution is 5.97. The van der Waals surface area contributed by atoms with Gasteiger partial charge in [0.1, 0.15) is 12.1 Å². The summed E-state index contributed by atoms with van der Waals surface area (Å²) in [4.78, 5) is 26.7. The first-order valence-electron chi connectivity index (χ1n) is 7.04. The molecule has 102 valence electrons. The van der Waals surface area contributed by atoms with E-state index in [0.717, 1.165) is 25.7 Å². The summed E-state index contributed by atoms with van der Waals surface area (Å²) in [6, 6.07) is -0.604. The molecule has 0 aromatic rings. The minimum atomic E-state index is -0.310. The zero-order valence-corrected chi connectivity index (χ0v) is 11.8. The van der Waals surface area contributed by atoms with Gasteiger partial charge in [0.15, 0.2) is 0 Å². The van der Waals surface area contributed by atoms with E-state index in [1.165, 1.54) is 0 Å². The average molecular weight is 252 g/mol. The number of amides is 2. The second-order valence-electron chi connectivity index (χ2n) is 6.24. The van der Waals surface area contributed by atoms with Crippen molar-refractivity contribution >= 4 is 11.8 Å². The molecule has 2 unspecified atom stereocenters. The van der Waals surface area contributed by atoms with E-state index < -0.39 is 0 Å². The van der Waals surface area contributed by atoms with Gasteiger partial charge in [0.25, 0.3) is 0 Å². The largest absolute Gasteiger partial charge is 0.342 e. The summed E-state index contributed by atoms with van der Waals surface area (Å²) < 4.78 is 0. The Morgan fingerprint density at radius 2 is 2.00 bits per heavy atom. The van der Waals surface area contributed by atoms with Crippen LogP contribution in [0.3, 0.4) is 0 Å². The van der Waals surface area contributed by atoms with Crippen LogP contribution in [-0.4, -0.2) is 34.3 Å². The second kappa shape index (κ2) is 4.56. The van der Waals surface area contributed by atoms with Crippen LogP contribution in [-0.2, 0) is 9.59 Å². The van der Waals surface area contributed by atoms with Crippen LogP contribution in [0, 0.1) is 5.92 Å². The monoisotopic (exact) mass is 252 g/mol. The molecule has 1 aliphatic heterocycles. The lowest BCUT2D eigenvalue weighted by Gasteiger charge is -2.44. The molecule has 18 heavy (non-hydrogen) atoms. The zero-order valence-electron chi connectivity index (χ0n) is 11.8. The van der Waals surface area contributed by atoms with Gasteiger partial charge in [-0.15, -0.1) is 0 Å². The van der Waals surface area contributed by atoms with Crippen molar-refractivity contribution in [1.29, 1.82) is 0 Å². The highest BCUT2D eigenvalue weighted by atomic mass is 16.2. The van der Waals surface area contributed by atoms with Gasteiger partial charge in [0.05, 0.1) is 0 Å². The summed E-state index contributed by atoms with van der Waals surface area (Å²) in [6.45, 7) is 8.16. The van der Waals surface area contributed by atoms with Gasteiger partial charge >= 0.3 is 0 Å². The van der Waals surface area contributed by atoms with E-state index in [-0.39, 0.29) is 35.4 Å². The van der Waals surface area contributed by atoms with E-state index in [0.29, 0.717) is 0 Å². The molecule has 4 heteroatoms. The quantitative estimate of drug-likeness (QED) is 0.827. The molecular weight excluding hydrogens is 228 g/mol. The lowest BCUT2D eigenvalue weighted by atomic mass is 9.93. The van der Waals surface area contributed by atoms with Crippen molar-refractivity contribution in [2.24, 2.45) is 5.92 Å². The van der Waals surface area contributed by atoms with Gasteiger partial charge in [0.2, 0.25) is 11.8 Å². The molecule has 1 saturated heterocycles. The van der Waals surface area contributed by atoms with Crippen molar-refractivity contribution in [3.63, 3.8) is 0 Å². The fourth-order valence-electron chi connectivity index (χ4n) is 2.85. The van der Waals surface area contributed by atoms with Gasteiger partial charge < -0.3 is 10.2 Å². The Kier molecular flexibility index (Phi) is 3.39. The molecule has 1 aliphatic carbocycles. The molecule has 1 saturated carbocycles. The van der Waals surface area contributed by atoms with Crippen molar-refractivity contribution in [3.8, 4) is 0 Å². The summed E-state index contributed by atoms with van der Waals surface area (Å²) in [7, 11) is 0. The molecule has 2 rings (SSSR count). The Labute approximate surface area is 109 Å². The molecule has 0 spiro atoms. The third kappa shape index (κ3) is 2.13. The number of rotatable bonds is 4. The fraction of sp³-hybridized carbons (Fsp3) is 0.857. The molecular formula is C14H24N2O2. The average Bonchev–Trinajstić information content (AvgIpc) is 3.01. The van der Waals surface area contributed by atoms with Crippen LogP contribution in [0.5, 0.6) is 0 Å². The summed E-state index contributed by atoms with van der Waals surface area (Å²) in [6.07, 6.45) is 3.69. The van der Waals surface area contributed by atoms with Crippen LogP contribution < -0.4 is 5.32 Å². The maximum Gasteiger partial charge on any atom is 0.246 e. The van der Waals surface area contributed by atoms with Crippen molar-refractivity contribution < 1.29 is 9.59 Å². The zero-order chi connectivity index (χ0) is 13.5. The Bertz CT molecular complexity index is 361. The highest BCUT2D eigenvalue weighted by Crippen LogP contribution is 2.44. The molecule has 2 amide bonds. The third-order valence-electron chi connectivity index (χ3n) is 4.16. The van der Waals surface area contributed by atoms with Crippen molar-refractivity contribution in [2.45, 2.75) is 71.0 Å². The first-order chi connectivity index (χ1) is 8.40. The van der Waals surface area contributed by atoms with Crippen LogP contribution in [0.1, 0.15) is 53.4 Å². The predicted octanol–water partition coefficient (Wildman–Crippen LogP) is 1.69. The normalized spacial score (nSPS) is 30.6. The first-order valence-corrected chi connectivity index (χ1v) is 7.04. The Morgan fingerprint density at radius 3 is 2.44 bits per heavy atom. The molecule has 4 nitrogen and oxygen atoms in total. The Hall–Kier alpha value is -1.06. The SMILES string of the molecule is CCCC1NC(=O)C(C(C)C)N(C2(C)CC2)C1=O. The first kappa shape index (κ1) is 13.4. The molecule has 2 aliphatic rings. The van der Waals surface area contributed by atoms with Gasteiger partial charge in [-0.25, -0.2) is 0 Å². The molecule has 1 heterocycles. The van der Waals surface area contributed by atoms with Crippen LogP contribution in [0.15, 0.2) is 0 Å². The number of hydrogen-bond acceptors (Lipinski definition) is 2. The van der Waals surface area contributed by atoms with Gasteiger partial charge in [-0.3, -0.25) is 9.59 Å². The standard InChI is InChI=1S/C14H24N2O2/c1-5-6-10-13(18)16(14(4)7-8-14)11(9(2)3)12(17)15-10/h9-11H,5-8H2,1-4H3,(H,15,17). The molecule has 2 atom stereocenters. The molecule has 0 bridgehead atoms. The van der Waals surface area contributed by atoms with Crippen LogP contribution >= 0.6 is 0 Å². The summed E-state index contributed by atoms with van der Waals surface area (Å²) >= 11 is 0. The summed E-state index contributed by atoms with van der Waals surface area (Å²) in [5.74, 6) is 0.306. The maximum absolute atomic E-state index is 12.6. The van der Waals surface area contributed by atoms with Gasteiger partial charge in [-0.1, -0.05) is 27.2 Å². The lowest BCUT2D eigenvalue weighted by molar-refractivity contribution is -0.155. The van der Waals surface area contributed by atoms with E-state index in [4.69, 9.17) is 0 Å². The second-order valence-corrected chi connectivity index (χ2v) is 6.24. The van der Waals surface area contributed by atoms with Crippen LogP contribution in [0.2, 0.25) is 0 Å².